The van der Waals surface area contributed by atoms with E-state index >= 15 is 0 Å². The van der Waals surface area contributed by atoms with Crippen molar-refractivity contribution in [3.8, 4) is 0 Å². The first kappa shape index (κ1) is 78.7. The van der Waals surface area contributed by atoms with Gasteiger partial charge in [0.1, 0.15) is 6.61 Å². The molecular formula is C71H132NO8P. The molecule has 0 aliphatic heterocycles. The van der Waals surface area contributed by atoms with Crippen molar-refractivity contribution in [1.29, 1.82) is 0 Å². The molecular weight excluding hydrogens is 1030 g/mol. The molecule has 10 heteroatoms. The Morgan fingerprint density at radius 3 is 1.02 bits per heavy atom. The third-order valence-electron chi connectivity index (χ3n) is 15.4. The summed E-state index contributed by atoms with van der Waals surface area (Å²) >= 11 is 0. The minimum Gasteiger partial charge on any atom is -0.462 e. The average Bonchev–Trinajstić information content (AvgIpc) is 3.46. The van der Waals surface area contributed by atoms with Gasteiger partial charge in [-0.15, -0.1) is 0 Å². The van der Waals surface area contributed by atoms with Gasteiger partial charge in [0.05, 0.1) is 13.2 Å². The first-order chi connectivity index (χ1) is 39.8. The number of hydrogen-bond donors (Lipinski definition) is 2. The van der Waals surface area contributed by atoms with E-state index in [1.165, 1.54) is 257 Å². The molecule has 9 nitrogen and oxygen atoms in total. The topological polar surface area (TPSA) is 134 Å². The lowest BCUT2D eigenvalue weighted by Crippen LogP contribution is -2.29. The maximum atomic E-state index is 12.8. The van der Waals surface area contributed by atoms with E-state index in [0.29, 0.717) is 6.42 Å². The molecule has 0 saturated carbocycles. The minimum absolute atomic E-state index is 0.0546. The van der Waals surface area contributed by atoms with E-state index in [9.17, 15) is 19.0 Å². The van der Waals surface area contributed by atoms with E-state index < -0.39 is 26.5 Å². The second-order valence-electron chi connectivity index (χ2n) is 23.4. The molecule has 0 radical (unpaired) electrons. The number of allylic oxidation sites excluding steroid dienone is 10. The molecule has 0 aromatic carbocycles. The van der Waals surface area contributed by atoms with Crippen molar-refractivity contribution in [1.82, 2.24) is 0 Å². The Kier molecular flexibility index (Phi) is 65.0. The van der Waals surface area contributed by atoms with Crippen LogP contribution in [0.2, 0.25) is 0 Å². The van der Waals surface area contributed by atoms with Gasteiger partial charge < -0.3 is 20.1 Å². The van der Waals surface area contributed by atoms with Gasteiger partial charge in [0.25, 0.3) is 0 Å². The second-order valence-corrected chi connectivity index (χ2v) is 24.8. The Bertz CT molecular complexity index is 1510. The fourth-order valence-electron chi connectivity index (χ4n) is 10.3. The largest absolute Gasteiger partial charge is 0.472 e. The molecule has 2 atom stereocenters. The highest BCUT2D eigenvalue weighted by atomic mass is 31.2. The number of esters is 2. The van der Waals surface area contributed by atoms with Gasteiger partial charge in [0, 0.05) is 19.4 Å². The van der Waals surface area contributed by atoms with Crippen LogP contribution in [-0.4, -0.2) is 49.3 Å². The van der Waals surface area contributed by atoms with Crippen molar-refractivity contribution in [3.05, 3.63) is 60.8 Å². The normalized spacial score (nSPS) is 13.3. The maximum Gasteiger partial charge on any atom is 0.472 e. The summed E-state index contributed by atoms with van der Waals surface area (Å²) in [6.07, 6.45) is 86.0. The lowest BCUT2D eigenvalue weighted by molar-refractivity contribution is -0.161. The molecule has 474 valence electrons. The van der Waals surface area contributed by atoms with Gasteiger partial charge in [0.2, 0.25) is 0 Å². The molecule has 0 saturated heterocycles. The number of carbonyl (C=O) groups is 2. The Balaban J connectivity index is 3.83. The summed E-state index contributed by atoms with van der Waals surface area (Å²) in [5.41, 5.74) is 5.40. The van der Waals surface area contributed by atoms with E-state index in [1.54, 1.807) is 0 Å². The van der Waals surface area contributed by atoms with Gasteiger partial charge in [-0.3, -0.25) is 18.6 Å². The second kappa shape index (κ2) is 66.8. The van der Waals surface area contributed by atoms with E-state index in [1.807, 2.05) is 0 Å². The fourth-order valence-corrected chi connectivity index (χ4v) is 11.0. The van der Waals surface area contributed by atoms with Gasteiger partial charge in [0.15, 0.2) is 6.10 Å². The number of nitrogens with two attached hydrogens (primary N) is 1. The van der Waals surface area contributed by atoms with E-state index in [4.69, 9.17) is 24.3 Å². The predicted octanol–water partition coefficient (Wildman–Crippen LogP) is 22.6. The average molecular weight is 1160 g/mol. The van der Waals surface area contributed by atoms with Crippen LogP contribution in [0.3, 0.4) is 0 Å². The number of carbonyl (C=O) groups excluding carboxylic acids is 2. The van der Waals surface area contributed by atoms with Crippen molar-refractivity contribution in [2.45, 2.75) is 354 Å². The lowest BCUT2D eigenvalue weighted by Gasteiger charge is -2.19. The molecule has 0 spiro atoms. The van der Waals surface area contributed by atoms with Crippen LogP contribution >= 0.6 is 7.82 Å². The molecule has 0 aromatic rings. The Labute approximate surface area is 501 Å². The molecule has 0 aliphatic rings. The molecule has 2 unspecified atom stereocenters. The van der Waals surface area contributed by atoms with Crippen LogP contribution in [0.4, 0.5) is 0 Å². The highest BCUT2D eigenvalue weighted by Crippen LogP contribution is 2.43. The fraction of sp³-hybridized carbons (Fsp3) is 0.831. The zero-order chi connectivity index (χ0) is 58.7. The molecule has 0 amide bonds. The first-order valence-corrected chi connectivity index (χ1v) is 36.3. The van der Waals surface area contributed by atoms with Crippen LogP contribution in [0.15, 0.2) is 60.8 Å². The van der Waals surface area contributed by atoms with Gasteiger partial charge >= 0.3 is 19.8 Å². The molecule has 0 fully saturated rings. The van der Waals surface area contributed by atoms with Crippen LogP contribution < -0.4 is 5.73 Å². The molecule has 0 aromatic heterocycles. The number of phosphoric acid groups is 1. The van der Waals surface area contributed by atoms with Gasteiger partial charge in [-0.1, -0.05) is 319 Å². The zero-order valence-corrected chi connectivity index (χ0v) is 54.2. The Morgan fingerprint density at radius 2 is 0.679 bits per heavy atom. The summed E-state index contributed by atoms with van der Waals surface area (Å²) in [5.74, 6) is -0.809. The van der Waals surface area contributed by atoms with Crippen molar-refractivity contribution < 1.29 is 37.6 Å². The van der Waals surface area contributed by atoms with Crippen LogP contribution in [0.25, 0.3) is 0 Å². The molecule has 0 bridgehead atoms. The summed E-state index contributed by atoms with van der Waals surface area (Å²) in [7, 11) is -4.39. The highest BCUT2D eigenvalue weighted by Gasteiger charge is 2.26. The Hall–Kier alpha value is -2.29. The van der Waals surface area contributed by atoms with E-state index in [0.717, 1.165) is 57.8 Å². The van der Waals surface area contributed by atoms with Gasteiger partial charge in [-0.2, -0.15) is 0 Å². The van der Waals surface area contributed by atoms with E-state index in [2.05, 4.69) is 74.6 Å². The summed E-state index contributed by atoms with van der Waals surface area (Å²) in [4.78, 5) is 35.4. The third kappa shape index (κ3) is 66.7. The van der Waals surface area contributed by atoms with Gasteiger partial charge in [-0.05, 0) is 77.0 Å². The first-order valence-electron chi connectivity index (χ1n) is 34.8. The lowest BCUT2D eigenvalue weighted by atomic mass is 10.0. The Morgan fingerprint density at radius 1 is 0.383 bits per heavy atom. The number of ether oxygens (including phenoxy) is 2. The number of rotatable bonds is 66. The molecule has 0 heterocycles. The highest BCUT2D eigenvalue weighted by molar-refractivity contribution is 7.47. The SMILES string of the molecule is CC/C=C\C/C=C\C/C=C\C/C=C\CCCCCCCCCCCCCCCCCCCCCCC(=O)OC(COC(=O)CCCCCCCCCCCCCCCCC/C=C\CCCCCCCCCC)COP(=O)(O)OCCN. The monoisotopic (exact) mass is 1160 g/mol. The maximum absolute atomic E-state index is 12.8. The molecule has 0 aliphatic carbocycles. The molecule has 3 N–H and O–H groups in total. The van der Waals surface area contributed by atoms with Crippen LogP contribution in [0.5, 0.6) is 0 Å². The van der Waals surface area contributed by atoms with Crippen LogP contribution in [-0.2, 0) is 32.7 Å². The minimum atomic E-state index is -4.39. The smallest absolute Gasteiger partial charge is 0.462 e. The summed E-state index contributed by atoms with van der Waals surface area (Å²) < 4.78 is 33.2. The van der Waals surface area contributed by atoms with Gasteiger partial charge in [-0.25, -0.2) is 4.57 Å². The van der Waals surface area contributed by atoms with Crippen molar-refractivity contribution >= 4 is 19.8 Å². The van der Waals surface area contributed by atoms with E-state index in [-0.39, 0.29) is 38.6 Å². The zero-order valence-electron chi connectivity index (χ0n) is 53.3. The predicted molar refractivity (Wildman–Crippen MR) is 349 cm³/mol. The molecule has 81 heavy (non-hydrogen) atoms. The molecule has 0 rings (SSSR count). The van der Waals surface area contributed by atoms with Crippen molar-refractivity contribution in [2.75, 3.05) is 26.4 Å². The number of unbranched alkanes of at least 4 members (excludes halogenated alkanes) is 43. The quantitative estimate of drug-likeness (QED) is 0.0264. The van der Waals surface area contributed by atoms with Crippen LogP contribution in [0.1, 0.15) is 348 Å². The summed E-state index contributed by atoms with van der Waals surface area (Å²) in [5, 5.41) is 0. The number of phosphoric ester groups is 1. The standard InChI is InChI=1S/C71H132NO8P/c1-3-5-7-9-11-13-15-17-19-21-23-25-27-29-31-32-33-34-35-36-38-40-42-44-46-48-50-52-54-56-58-60-62-64-71(74)80-69(68-79-81(75,76)78-66-65-72)67-77-70(73)63-61-59-57-55-53-51-49-47-45-43-41-39-37-30-28-26-24-22-20-18-16-14-12-10-8-6-4-2/h5,7,11,13,17,19,22-25,69H,3-4,6,8-10,12,14-16,18,20-21,26-68,72H2,1-2H3,(H,75,76)/b7-5-,13-11-,19-17-,24-22-,25-23-. The van der Waals surface area contributed by atoms with Crippen LogP contribution in [0, 0.1) is 0 Å². The summed E-state index contributed by atoms with van der Waals surface area (Å²) in [6, 6.07) is 0. The third-order valence-corrected chi connectivity index (χ3v) is 16.4. The summed E-state index contributed by atoms with van der Waals surface area (Å²) in [6.45, 7) is 3.69. The number of hydrogen-bond acceptors (Lipinski definition) is 8. The van der Waals surface area contributed by atoms with Crippen molar-refractivity contribution in [3.63, 3.8) is 0 Å². The van der Waals surface area contributed by atoms with Crippen molar-refractivity contribution in [2.24, 2.45) is 5.73 Å².